The SMILES string of the molecule is Cc1cc(CNC(=O)N(C)[C@@H]2CCCN(C(=O)c3ccc(=O)[nH]n3)C2)ccc1Cl. The number of carbonyl (C=O) groups excluding carboxylic acids is 2. The van der Waals surface area contributed by atoms with Crippen molar-refractivity contribution in [3.63, 3.8) is 0 Å². The fourth-order valence-electron chi connectivity index (χ4n) is 3.37. The largest absolute Gasteiger partial charge is 0.335 e. The summed E-state index contributed by atoms with van der Waals surface area (Å²) in [4.78, 5) is 39.7. The lowest BCUT2D eigenvalue weighted by Gasteiger charge is -2.37. The summed E-state index contributed by atoms with van der Waals surface area (Å²) in [5, 5.41) is 9.69. The Bertz CT molecular complexity index is 941. The molecule has 1 fully saturated rings. The van der Waals surface area contributed by atoms with Crippen molar-refractivity contribution in [1.82, 2.24) is 25.3 Å². The number of rotatable bonds is 4. The van der Waals surface area contributed by atoms with Gasteiger partial charge in [-0.05, 0) is 43.0 Å². The molecule has 1 aliphatic rings. The molecule has 29 heavy (non-hydrogen) atoms. The van der Waals surface area contributed by atoms with Crippen LogP contribution >= 0.6 is 11.6 Å². The maximum atomic E-state index is 12.6. The van der Waals surface area contributed by atoms with Gasteiger partial charge < -0.3 is 15.1 Å². The zero-order chi connectivity index (χ0) is 21.0. The average Bonchev–Trinajstić information content (AvgIpc) is 2.74. The topological polar surface area (TPSA) is 98.4 Å². The first-order valence-electron chi connectivity index (χ1n) is 9.46. The molecular weight excluding hydrogens is 394 g/mol. The minimum absolute atomic E-state index is 0.0950. The van der Waals surface area contributed by atoms with Crippen LogP contribution in [0.1, 0.15) is 34.5 Å². The molecule has 0 unspecified atom stereocenters. The molecule has 0 saturated carbocycles. The molecule has 0 spiro atoms. The van der Waals surface area contributed by atoms with Crippen LogP contribution in [0.3, 0.4) is 0 Å². The van der Waals surface area contributed by atoms with Gasteiger partial charge in [0.15, 0.2) is 0 Å². The lowest BCUT2D eigenvalue weighted by atomic mass is 10.0. The maximum absolute atomic E-state index is 12.6. The summed E-state index contributed by atoms with van der Waals surface area (Å²) >= 11 is 6.04. The number of H-pyrrole nitrogens is 1. The van der Waals surface area contributed by atoms with Crippen molar-refractivity contribution in [2.75, 3.05) is 20.1 Å². The first-order valence-corrected chi connectivity index (χ1v) is 9.83. The predicted octanol–water partition coefficient (Wildman–Crippen LogP) is 2.18. The Hall–Kier alpha value is -2.87. The number of carbonyl (C=O) groups is 2. The van der Waals surface area contributed by atoms with Gasteiger partial charge in [-0.2, -0.15) is 5.10 Å². The van der Waals surface area contributed by atoms with Gasteiger partial charge in [0.2, 0.25) is 0 Å². The highest BCUT2D eigenvalue weighted by molar-refractivity contribution is 6.31. The highest BCUT2D eigenvalue weighted by Gasteiger charge is 2.29. The Balaban J connectivity index is 1.58. The quantitative estimate of drug-likeness (QED) is 0.796. The molecule has 2 heterocycles. The Labute approximate surface area is 173 Å². The molecule has 1 aromatic heterocycles. The van der Waals surface area contributed by atoms with Gasteiger partial charge >= 0.3 is 6.03 Å². The Kier molecular flexibility index (Phi) is 6.53. The predicted molar refractivity (Wildman–Crippen MR) is 110 cm³/mol. The van der Waals surface area contributed by atoms with Gasteiger partial charge in [0.25, 0.3) is 11.5 Å². The molecular formula is C20H24ClN5O3. The molecule has 1 aliphatic heterocycles. The Morgan fingerprint density at radius 2 is 2.14 bits per heavy atom. The van der Waals surface area contributed by atoms with E-state index in [2.05, 4.69) is 15.5 Å². The number of aryl methyl sites for hydroxylation is 1. The smallest absolute Gasteiger partial charge is 0.317 e. The van der Waals surface area contributed by atoms with Crippen LogP contribution in [0.15, 0.2) is 35.1 Å². The van der Waals surface area contributed by atoms with E-state index < -0.39 is 0 Å². The minimum Gasteiger partial charge on any atom is -0.335 e. The number of hydrogen-bond donors (Lipinski definition) is 2. The van der Waals surface area contributed by atoms with Gasteiger partial charge in [0.1, 0.15) is 5.69 Å². The monoisotopic (exact) mass is 417 g/mol. The zero-order valence-electron chi connectivity index (χ0n) is 16.4. The number of nitrogens with zero attached hydrogens (tertiary/aromatic N) is 3. The first-order chi connectivity index (χ1) is 13.8. The van der Waals surface area contributed by atoms with Crippen molar-refractivity contribution in [2.45, 2.75) is 32.4 Å². The average molecular weight is 418 g/mol. The highest BCUT2D eigenvalue weighted by atomic mass is 35.5. The Morgan fingerprint density at radius 3 is 2.83 bits per heavy atom. The van der Waals surface area contributed by atoms with Crippen molar-refractivity contribution >= 4 is 23.5 Å². The van der Waals surface area contributed by atoms with Crippen molar-refractivity contribution in [1.29, 1.82) is 0 Å². The van der Waals surface area contributed by atoms with E-state index in [1.54, 1.807) is 16.8 Å². The molecule has 1 aromatic carbocycles. The molecule has 8 nitrogen and oxygen atoms in total. The molecule has 0 bridgehead atoms. The molecule has 3 rings (SSSR count). The van der Waals surface area contributed by atoms with E-state index in [9.17, 15) is 14.4 Å². The number of likely N-dealkylation sites (tertiary alicyclic amines) is 1. The normalized spacial score (nSPS) is 16.4. The molecule has 2 N–H and O–H groups in total. The van der Waals surface area contributed by atoms with Crippen LogP contribution in [0.25, 0.3) is 0 Å². The minimum atomic E-state index is -0.356. The number of likely N-dealkylation sites (N-methyl/N-ethyl adjacent to an activating group) is 1. The summed E-state index contributed by atoms with van der Waals surface area (Å²) in [6.45, 7) is 3.34. The van der Waals surface area contributed by atoms with Gasteiger partial charge in [-0.3, -0.25) is 9.59 Å². The summed E-state index contributed by atoms with van der Waals surface area (Å²) in [5.41, 5.74) is 1.77. The molecule has 0 aliphatic carbocycles. The second-order valence-corrected chi connectivity index (χ2v) is 7.61. The lowest BCUT2D eigenvalue weighted by Crippen LogP contribution is -2.52. The third-order valence-electron chi connectivity index (χ3n) is 5.12. The van der Waals surface area contributed by atoms with Crippen LogP contribution in [0.5, 0.6) is 0 Å². The van der Waals surface area contributed by atoms with E-state index >= 15 is 0 Å². The van der Waals surface area contributed by atoms with E-state index in [1.807, 2.05) is 25.1 Å². The molecule has 1 saturated heterocycles. The number of hydrogen-bond acceptors (Lipinski definition) is 4. The van der Waals surface area contributed by atoms with E-state index in [1.165, 1.54) is 12.1 Å². The van der Waals surface area contributed by atoms with Crippen LogP contribution < -0.4 is 10.9 Å². The number of piperidine rings is 1. The standard InChI is InChI=1S/C20H24ClN5O3/c1-13-10-14(5-6-16(13)21)11-22-20(29)25(2)15-4-3-9-26(12-15)19(28)17-7-8-18(27)24-23-17/h5-8,10,15H,3-4,9,11-12H2,1-2H3,(H,22,29)(H,24,27)/t15-/m1/s1. The number of urea groups is 1. The van der Waals surface area contributed by atoms with E-state index in [0.29, 0.717) is 24.7 Å². The second kappa shape index (κ2) is 9.09. The van der Waals surface area contributed by atoms with Gasteiger partial charge in [0.05, 0.1) is 6.04 Å². The van der Waals surface area contributed by atoms with E-state index in [4.69, 9.17) is 11.6 Å². The third kappa shape index (κ3) is 5.14. The summed E-state index contributed by atoms with van der Waals surface area (Å²) in [5.74, 6) is -0.253. The molecule has 1 atom stereocenters. The number of amides is 3. The van der Waals surface area contributed by atoms with Crippen LogP contribution in [0, 0.1) is 6.92 Å². The summed E-state index contributed by atoms with van der Waals surface area (Å²) in [7, 11) is 1.74. The van der Waals surface area contributed by atoms with E-state index in [-0.39, 0.29) is 29.2 Å². The van der Waals surface area contributed by atoms with Gasteiger partial charge in [-0.15, -0.1) is 0 Å². The fraction of sp³-hybridized carbons (Fsp3) is 0.400. The Morgan fingerprint density at radius 1 is 1.34 bits per heavy atom. The first kappa shape index (κ1) is 20.9. The number of halogens is 1. The zero-order valence-corrected chi connectivity index (χ0v) is 17.2. The number of aromatic nitrogens is 2. The summed E-state index contributed by atoms with van der Waals surface area (Å²) < 4.78 is 0. The van der Waals surface area contributed by atoms with Crippen molar-refractivity contribution in [3.05, 3.63) is 62.5 Å². The molecule has 2 aromatic rings. The van der Waals surface area contributed by atoms with Crippen molar-refractivity contribution in [2.24, 2.45) is 0 Å². The van der Waals surface area contributed by atoms with Gasteiger partial charge in [-0.25, -0.2) is 9.89 Å². The fourth-order valence-corrected chi connectivity index (χ4v) is 3.48. The highest BCUT2D eigenvalue weighted by Crippen LogP contribution is 2.18. The van der Waals surface area contributed by atoms with Crippen LogP contribution in [-0.4, -0.2) is 58.1 Å². The van der Waals surface area contributed by atoms with Gasteiger partial charge in [-0.1, -0.05) is 23.7 Å². The molecule has 9 heteroatoms. The second-order valence-electron chi connectivity index (χ2n) is 7.21. The van der Waals surface area contributed by atoms with E-state index in [0.717, 1.165) is 24.0 Å². The molecule has 3 amide bonds. The maximum Gasteiger partial charge on any atom is 0.317 e. The van der Waals surface area contributed by atoms with Crippen LogP contribution in [-0.2, 0) is 6.54 Å². The number of benzene rings is 1. The number of aromatic amines is 1. The summed E-state index contributed by atoms with van der Waals surface area (Å²) in [6, 6.07) is 8.04. The van der Waals surface area contributed by atoms with Crippen molar-refractivity contribution in [3.8, 4) is 0 Å². The molecule has 0 radical (unpaired) electrons. The van der Waals surface area contributed by atoms with Crippen LogP contribution in [0.2, 0.25) is 5.02 Å². The van der Waals surface area contributed by atoms with Crippen LogP contribution in [0.4, 0.5) is 4.79 Å². The van der Waals surface area contributed by atoms with Crippen molar-refractivity contribution < 1.29 is 9.59 Å². The summed E-state index contributed by atoms with van der Waals surface area (Å²) in [6.07, 6.45) is 1.60. The number of nitrogens with one attached hydrogen (secondary N) is 2. The van der Waals surface area contributed by atoms with Gasteiger partial charge in [0, 0.05) is 37.8 Å². The molecule has 154 valence electrons. The lowest BCUT2D eigenvalue weighted by molar-refractivity contribution is 0.0629. The third-order valence-corrected chi connectivity index (χ3v) is 5.54.